The Morgan fingerprint density at radius 2 is 1.81 bits per heavy atom. The van der Waals surface area contributed by atoms with Crippen molar-refractivity contribution in [3.05, 3.63) is 65.7 Å². The van der Waals surface area contributed by atoms with Gasteiger partial charge in [-0.05, 0) is 48.0 Å². The van der Waals surface area contributed by atoms with Gasteiger partial charge in [0.2, 0.25) is 15.9 Å². The zero-order chi connectivity index (χ0) is 22.2. The summed E-state index contributed by atoms with van der Waals surface area (Å²) < 4.78 is 28.1. The number of aromatic nitrogens is 1. The van der Waals surface area contributed by atoms with E-state index in [1.165, 1.54) is 23.3 Å². The van der Waals surface area contributed by atoms with Crippen molar-refractivity contribution in [1.29, 1.82) is 0 Å². The summed E-state index contributed by atoms with van der Waals surface area (Å²) in [6, 6.07) is 17.9. The zero-order valence-corrected chi connectivity index (χ0v) is 19.3. The smallest absolute Gasteiger partial charge is 0.244 e. The standard InChI is InChI=1S/C22H20ClN3O3S2/c1-3-26(22-24-19-13-17(23)9-11-20(19)30-22)21(27)14-25(2)31(28,29)18-10-8-15-6-4-5-7-16(15)12-18/h4-13H,3,14H2,1-2H3. The molecule has 4 aromatic rings. The second-order valence-electron chi connectivity index (χ2n) is 7.02. The van der Waals surface area contributed by atoms with E-state index in [2.05, 4.69) is 4.98 Å². The Labute approximate surface area is 189 Å². The van der Waals surface area contributed by atoms with Crippen molar-refractivity contribution in [3.8, 4) is 0 Å². The van der Waals surface area contributed by atoms with Gasteiger partial charge in [-0.2, -0.15) is 4.31 Å². The molecule has 0 aliphatic carbocycles. The molecule has 4 rings (SSSR count). The molecule has 0 atom stereocenters. The van der Waals surface area contributed by atoms with Gasteiger partial charge in [0.05, 0.1) is 21.7 Å². The number of halogens is 1. The zero-order valence-electron chi connectivity index (χ0n) is 16.9. The van der Waals surface area contributed by atoms with Crippen LogP contribution in [0.1, 0.15) is 6.92 Å². The lowest BCUT2D eigenvalue weighted by molar-refractivity contribution is -0.118. The van der Waals surface area contributed by atoms with Gasteiger partial charge in [-0.3, -0.25) is 9.69 Å². The van der Waals surface area contributed by atoms with Crippen LogP contribution in [-0.4, -0.2) is 43.8 Å². The maximum absolute atomic E-state index is 13.1. The molecule has 0 aliphatic rings. The first-order chi connectivity index (χ1) is 14.8. The lowest BCUT2D eigenvalue weighted by Crippen LogP contribution is -2.41. The first-order valence-corrected chi connectivity index (χ1v) is 12.2. The van der Waals surface area contributed by atoms with Crippen molar-refractivity contribution in [2.24, 2.45) is 0 Å². The second-order valence-corrected chi connectivity index (χ2v) is 10.5. The van der Waals surface area contributed by atoms with Crippen molar-refractivity contribution >= 4 is 65.0 Å². The van der Waals surface area contributed by atoms with E-state index in [0.717, 1.165) is 19.8 Å². The average molecular weight is 474 g/mol. The predicted octanol–water partition coefficient (Wildman–Crippen LogP) is 4.78. The quantitative estimate of drug-likeness (QED) is 0.404. The molecule has 1 heterocycles. The summed E-state index contributed by atoms with van der Waals surface area (Å²) in [7, 11) is -2.42. The number of carbonyl (C=O) groups excluding carboxylic acids is 1. The Bertz CT molecular complexity index is 1390. The molecule has 0 radical (unpaired) electrons. The number of rotatable bonds is 6. The van der Waals surface area contributed by atoms with Gasteiger partial charge in [0.1, 0.15) is 0 Å². The number of thiazole rings is 1. The number of benzene rings is 3. The van der Waals surface area contributed by atoms with Gasteiger partial charge < -0.3 is 0 Å². The van der Waals surface area contributed by atoms with Crippen molar-refractivity contribution < 1.29 is 13.2 Å². The molecule has 0 N–H and O–H groups in total. The van der Waals surface area contributed by atoms with Crippen LogP contribution in [0.3, 0.4) is 0 Å². The van der Waals surface area contributed by atoms with Crippen LogP contribution in [0.2, 0.25) is 5.02 Å². The lowest BCUT2D eigenvalue weighted by Gasteiger charge is -2.22. The molecular weight excluding hydrogens is 454 g/mol. The summed E-state index contributed by atoms with van der Waals surface area (Å²) in [4.78, 5) is 19.1. The third kappa shape index (κ3) is 4.29. The number of hydrogen-bond acceptors (Lipinski definition) is 5. The number of likely N-dealkylation sites (N-methyl/N-ethyl adjacent to an activating group) is 2. The highest BCUT2D eigenvalue weighted by Gasteiger charge is 2.26. The van der Waals surface area contributed by atoms with Crippen LogP contribution in [0.15, 0.2) is 65.6 Å². The summed E-state index contributed by atoms with van der Waals surface area (Å²) in [5.74, 6) is -0.348. The molecule has 0 saturated heterocycles. The molecule has 0 saturated carbocycles. The van der Waals surface area contributed by atoms with Crippen LogP contribution in [-0.2, 0) is 14.8 Å². The number of fused-ring (bicyclic) bond motifs is 2. The van der Waals surface area contributed by atoms with E-state index in [-0.39, 0.29) is 17.3 Å². The molecule has 0 fully saturated rings. The fourth-order valence-electron chi connectivity index (χ4n) is 3.29. The Morgan fingerprint density at radius 3 is 2.55 bits per heavy atom. The molecule has 9 heteroatoms. The summed E-state index contributed by atoms with van der Waals surface area (Å²) in [6.45, 7) is 1.91. The highest BCUT2D eigenvalue weighted by Crippen LogP contribution is 2.31. The van der Waals surface area contributed by atoms with Crippen LogP contribution in [0, 0.1) is 0 Å². The minimum Gasteiger partial charge on any atom is -0.287 e. The summed E-state index contributed by atoms with van der Waals surface area (Å²) in [5.41, 5.74) is 0.705. The minimum atomic E-state index is -3.83. The Kier molecular flexibility index (Phi) is 5.98. The summed E-state index contributed by atoms with van der Waals surface area (Å²) in [5, 5.41) is 2.86. The number of sulfonamides is 1. The maximum Gasteiger partial charge on any atom is 0.244 e. The second kappa shape index (κ2) is 8.55. The van der Waals surface area contributed by atoms with Gasteiger partial charge in [-0.15, -0.1) is 0 Å². The molecular formula is C22H20ClN3O3S2. The predicted molar refractivity (Wildman–Crippen MR) is 126 cm³/mol. The summed E-state index contributed by atoms with van der Waals surface area (Å²) in [6.07, 6.45) is 0. The van der Waals surface area contributed by atoms with Crippen molar-refractivity contribution in [3.63, 3.8) is 0 Å². The van der Waals surface area contributed by atoms with Gasteiger partial charge in [-0.1, -0.05) is 53.3 Å². The Hall–Kier alpha value is -2.52. The van der Waals surface area contributed by atoms with E-state index in [0.29, 0.717) is 22.2 Å². The largest absolute Gasteiger partial charge is 0.287 e. The fraction of sp³-hybridized carbons (Fsp3) is 0.182. The van der Waals surface area contributed by atoms with E-state index in [1.54, 1.807) is 30.3 Å². The Morgan fingerprint density at radius 1 is 1.06 bits per heavy atom. The van der Waals surface area contributed by atoms with E-state index in [1.807, 2.05) is 37.3 Å². The molecule has 160 valence electrons. The van der Waals surface area contributed by atoms with Crippen LogP contribution in [0.4, 0.5) is 5.13 Å². The monoisotopic (exact) mass is 473 g/mol. The molecule has 1 amide bonds. The maximum atomic E-state index is 13.1. The molecule has 0 unspecified atom stereocenters. The minimum absolute atomic E-state index is 0.152. The molecule has 0 bridgehead atoms. The van der Waals surface area contributed by atoms with Gasteiger partial charge in [0.15, 0.2) is 5.13 Å². The first kappa shape index (κ1) is 21.7. The van der Waals surface area contributed by atoms with Gasteiger partial charge in [-0.25, -0.2) is 13.4 Å². The van der Waals surface area contributed by atoms with E-state index in [9.17, 15) is 13.2 Å². The van der Waals surface area contributed by atoms with Gasteiger partial charge in [0.25, 0.3) is 0 Å². The van der Waals surface area contributed by atoms with Crippen LogP contribution in [0.25, 0.3) is 21.0 Å². The molecule has 3 aromatic carbocycles. The third-order valence-electron chi connectivity index (χ3n) is 4.97. The third-order valence-corrected chi connectivity index (χ3v) is 8.07. The number of carbonyl (C=O) groups is 1. The van der Waals surface area contributed by atoms with Crippen molar-refractivity contribution in [2.75, 3.05) is 25.0 Å². The van der Waals surface area contributed by atoms with Gasteiger partial charge in [0, 0.05) is 18.6 Å². The number of anilines is 1. The fourth-order valence-corrected chi connectivity index (χ4v) is 5.64. The van der Waals surface area contributed by atoms with Gasteiger partial charge >= 0.3 is 0 Å². The average Bonchev–Trinajstić information content (AvgIpc) is 3.16. The SMILES string of the molecule is CCN(C(=O)CN(C)S(=O)(=O)c1ccc2ccccc2c1)c1nc2cc(Cl)ccc2s1. The first-order valence-electron chi connectivity index (χ1n) is 9.61. The van der Waals surface area contributed by atoms with Crippen LogP contribution < -0.4 is 4.90 Å². The highest BCUT2D eigenvalue weighted by molar-refractivity contribution is 7.89. The van der Waals surface area contributed by atoms with E-state index < -0.39 is 10.0 Å². The van der Waals surface area contributed by atoms with E-state index in [4.69, 9.17) is 11.6 Å². The number of hydrogen-bond donors (Lipinski definition) is 0. The lowest BCUT2D eigenvalue weighted by atomic mass is 10.1. The molecule has 31 heavy (non-hydrogen) atoms. The highest BCUT2D eigenvalue weighted by atomic mass is 35.5. The molecule has 0 spiro atoms. The van der Waals surface area contributed by atoms with E-state index >= 15 is 0 Å². The number of nitrogens with zero attached hydrogens (tertiary/aromatic N) is 3. The molecule has 0 aliphatic heterocycles. The number of amides is 1. The van der Waals surface area contributed by atoms with Crippen LogP contribution in [0.5, 0.6) is 0 Å². The normalized spacial score (nSPS) is 12.0. The summed E-state index contributed by atoms with van der Waals surface area (Å²) >= 11 is 7.40. The molecule has 1 aromatic heterocycles. The topological polar surface area (TPSA) is 70.6 Å². The van der Waals surface area contributed by atoms with Crippen molar-refractivity contribution in [2.45, 2.75) is 11.8 Å². The molecule has 6 nitrogen and oxygen atoms in total. The van der Waals surface area contributed by atoms with Crippen LogP contribution >= 0.6 is 22.9 Å². The Balaban J connectivity index is 1.57. The van der Waals surface area contributed by atoms with Crippen molar-refractivity contribution in [1.82, 2.24) is 9.29 Å².